The third-order valence-electron chi connectivity index (χ3n) is 5.00. The quantitative estimate of drug-likeness (QED) is 0.816. The summed E-state index contributed by atoms with van der Waals surface area (Å²) in [6.07, 6.45) is 0.308. The molecule has 0 aromatic heterocycles. The molecule has 5 nitrogen and oxygen atoms in total. The van der Waals surface area contributed by atoms with Gasteiger partial charge in [-0.2, -0.15) is 0 Å². The second-order valence-electron chi connectivity index (χ2n) is 8.43. The molecule has 2 aromatic rings. The Balaban J connectivity index is 1.52. The lowest BCUT2D eigenvalue weighted by molar-refractivity contribution is -0.139. The van der Waals surface area contributed by atoms with E-state index in [9.17, 15) is 9.59 Å². The predicted molar refractivity (Wildman–Crippen MR) is 118 cm³/mol. The van der Waals surface area contributed by atoms with E-state index in [1.54, 1.807) is 12.1 Å². The molecule has 0 aliphatic carbocycles. The lowest BCUT2D eigenvalue weighted by atomic mass is 9.94. The number of carbonyl (C=O) groups is 2. The van der Waals surface area contributed by atoms with Crippen LogP contribution in [-0.2, 0) is 16.0 Å². The fourth-order valence-corrected chi connectivity index (χ4v) is 3.52. The summed E-state index contributed by atoms with van der Waals surface area (Å²) in [5.41, 5.74) is 2.46. The molecule has 1 heterocycles. The number of piperazine rings is 1. The van der Waals surface area contributed by atoms with Gasteiger partial charge in [0.1, 0.15) is 0 Å². The van der Waals surface area contributed by atoms with Crippen molar-refractivity contribution in [1.82, 2.24) is 4.90 Å². The van der Waals surface area contributed by atoms with Crippen LogP contribution in [0.15, 0.2) is 48.5 Å². The molecule has 0 bridgehead atoms. The normalized spacial score (nSPS) is 14.6. The zero-order chi connectivity index (χ0) is 21.0. The van der Waals surface area contributed by atoms with Gasteiger partial charge < -0.3 is 15.1 Å². The van der Waals surface area contributed by atoms with Crippen LogP contribution < -0.4 is 10.2 Å². The number of amides is 2. The van der Waals surface area contributed by atoms with Crippen molar-refractivity contribution in [3.63, 3.8) is 0 Å². The maximum Gasteiger partial charge on any atom is 0.228 e. The highest BCUT2D eigenvalue weighted by Gasteiger charge is 2.29. The zero-order valence-electron chi connectivity index (χ0n) is 17.2. The summed E-state index contributed by atoms with van der Waals surface area (Å²) in [6.45, 7) is 8.96. The molecule has 154 valence electrons. The number of nitrogens with one attached hydrogen (secondary N) is 1. The van der Waals surface area contributed by atoms with E-state index in [2.05, 4.69) is 10.2 Å². The van der Waals surface area contributed by atoms with Crippen LogP contribution in [-0.4, -0.2) is 42.9 Å². The van der Waals surface area contributed by atoms with E-state index in [1.807, 2.05) is 62.1 Å². The van der Waals surface area contributed by atoms with Gasteiger partial charge in [0.2, 0.25) is 11.8 Å². The fraction of sp³-hybridized carbons (Fsp3) is 0.391. The van der Waals surface area contributed by atoms with Crippen LogP contribution in [0.2, 0.25) is 5.02 Å². The largest absolute Gasteiger partial charge is 0.368 e. The number of rotatable bonds is 4. The Bertz CT molecular complexity index is 849. The maximum absolute atomic E-state index is 12.4. The van der Waals surface area contributed by atoms with Gasteiger partial charge in [0, 0.05) is 48.0 Å². The Kier molecular flexibility index (Phi) is 6.48. The number of halogens is 1. The fourth-order valence-electron chi connectivity index (χ4n) is 3.39. The minimum absolute atomic E-state index is 0.0608. The van der Waals surface area contributed by atoms with E-state index in [4.69, 9.17) is 11.6 Å². The van der Waals surface area contributed by atoms with E-state index >= 15 is 0 Å². The molecule has 0 saturated carbocycles. The Hall–Kier alpha value is -2.53. The molecule has 2 aromatic carbocycles. The molecule has 6 heteroatoms. The predicted octanol–water partition coefficient (Wildman–Crippen LogP) is 4.22. The first kappa shape index (κ1) is 21.2. The van der Waals surface area contributed by atoms with E-state index < -0.39 is 0 Å². The lowest BCUT2D eigenvalue weighted by Gasteiger charge is -2.38. The second-order valence-corrected chi connectivity index (χ2v) is 8.86. The minimum Gasteiger partial charge on any atom is -0.368 e. The summed E-state index contributed by atoms with van der Waals surface area (Å²) in [6, 6.07) is 15.1. The summed E-state index contributed by atoms with van der Waals surface area (Å²) >= 11 is 5.88. The van der Waals surface area contributed by atoms with E-state index in [1.165, 1.54) is 0 Å². The monoisotopic (exact) mass is 413 g/mol. The molecule has 1 aliphatic rings. The van der Waals surface area contributed by atoms with E-state index in [-0.39, 0.29) is 17.2 Å². The van der Waals surface area contributed by atoms with Crippen LogP contribution in [0, 0.1) is 5.41 Å². The van der Waals surface area contributed by atoms with Crippen LogP contribution in [0.1, 0.15) is 26.3 Å². The van der Waals surface area contributed by atoms with Crippen molar-refractivity contribution in [2.75, 3.05) is 36.4 Å². The Labute approximate surface area is 177 Å². The molecular weight excluding hydrogens is 386 g/mol. The van der Waals surface area contributed by atoms with Crippen LogP contribution >= 0.6 is 11.6 Å². The number of nitrogens with zero attached hydrogens (tertiary/aromatic N) is 2. The minimum atomic E-state index is -0.339. The highest BCUT2D eigenvalue weighted by Crippen LogP contribution is 2.23. The summed E-state index contributed by atoms with van der Waals surface area (Å²) in [7, 11) is 0. The van der Waals surface area contributed by atoms with E-state index in [0.29, 0.717) is 11.4 Å². The first-order valence-corrected chi connectivity index (χ1v) is 10.3. The summed E-state index contributed by atoms with van der Waals surface area (Å²) in [5.74, 6) is 0.144. The summed E-state index contributed by atoms with van der Waals surface area (Å²) in [5, 5.41) is 3.59. The molecule has 1 fully saturated rings. The van der Waals surface area contributed by atoms with Crippen molar-refractivity contribution in [2.45, 2.75) is 27.2 Å². The average Bonchev–Trinajstić information content (AvgIpc) is 2.69. The third-order valence-corrected chi connectivity index (χ3v) is 5.25. The van der Waals surface area contributed by atoms with Crippen molar-refractivity contribution >= 4 is 34.8 Å². The molecule has 0 spiro atoms. The smallest absolute Gasteiger partial charge is 0.228 e. The molecular formula is C23H28ClN3O2. The maximum atomic E-state index is 12.4. The number of anilines is 2. The van der Waals surface area contributed by atoms with Crippen LogP contribution in [0.4, 0.5) is 11.4 Å². The number of carbonyl (C=O) groups excluding carboxylic acids is 2. The SMILES string of the molecule is CC(C)(C)C(=O)N1CCN(c2ccc(NC(=O)Cc3ccc(Cl)cc3)cc2)CC1. The first-order valence-electron chi connectivity index (χ1n) is 9.91. The van der Waals surface area contributed by atoms with Crippen molar-refractivity contribution in [3.05, 3.63) is 59.1 Å². The van der Waals surface area contributed by atoms with Crippen LogP contribution in [0.25, 0.3) is 0 Å². The molecule has 1 N–H and O–H groups in total. The van der Waals surface area contributed by atoms with Gasteiger partial charge in [0.25, 0.3) is 0 Å². The van der Waals surface area contributed by atoms with Crippen molar-refractivity contribution in [2.24, 2.45) is 5.41 Å². The van der Waals surface area contributed by atoms with Crippen molar-refractivity contribution < 1.29 is 9.59 Å². The van der Waals surface area contributed by atoms with Gasteiger partial charge in [0.15, 0.2) is 0 Å². The van der Waals surface area contributed by atoms with Crippen molar-refractivity contribution in [1.29, 1.82) is 0 Å². The summed E-state index contributed by atoms with van der Waals surface area (Å²) < 4.78 is 0. The van der Waals surface area contributed by atoms with Gasteiger partial charge in [-0.25, -0.2) is 0 Å². The molecule has 1 aliphatic heterocycles. The van der Waals surface area contributed by atoms with Gasteiger partial charge in [-0.3, -0.25) is 9.59 Å². The highest BCUT2D eigenvalue weighted by atomic mass is 35.5. The molecule has 0 unspecified atom stereocenters. The van der Waals surface area contributed by atoms with Gasteiger partial charge in [-0.15, -0.1) is 0 Å². The van der Waals surface area contributed by atoms with Gasteiger partial charge in [0.05, 0.1) is 6.42 Å². The molecule has 29 heavy (non-hydrogen) atoms. The van der Waals surface area contributed by atoms with Crippen molar-refractivity contribution in [3.8, 4) is 0 Å². The third kappa shape index (κ3) is 5.73. The molecule has 2 amide bonds. The Morgan fingerprint density at radius 1 is 0.931 bits per heavy atom. The molecule has 0 atom stereocenters. The highest BCUT2D eigenvalue weighted by molar-refractivity contribution is 6.30. The summed E-state index contributed by atoms with van der Waals surface area (Å²) in [4.78, 5) is 28.9. The molecule has 1 saturated heterocycles. The first-order chi connectivity index (χ1) is 13.7. The zero-order valence-corrected chi connectivity index (χ0v) is 18.0. The topological polar surface area (TPSA) is 52.7 Å². The standard InChI is InChI=1S/C23H28ClN3O2/c1-23(2,3)22(29)27-14-12-26(13-15-27)20-10-8-19(9-11-20)25-21(28)16-17-4-6-18(24)7-5-17/h4-11H,12-16H2,1-3H3,(H,25,28). The Morgan fingerprint density at radius 3 is 2.07 bits per heavy atom. The van der Waals surface area contributed by atoms with Gasteiger partial charge >= 0.3 is 0 Å². The number of benzene rings is 2. The molecule has 0 radical (unpaired) electrons. The van der Waals surface area contributed by atoms with Gasteiger partial charge in [-0.05, 0) is 42.0 Å². The second kappa shape index (κ2) is 8.87. The number of hydrogen-bond acceptors (Lipinski definition) is 3. The molecule has 3 rings (SSSR count). The van der Waals surface area contributed by atoms with Crippen LogP contribution in [0.3, 0.4) is 0 Å². The van der Waals surface area contributed by atoms with Crippen LogP contribution in [0.5, 0.6) is 0 Å². The lowest BCUT2D eigenvalue weighted by Crippen LogP contribution is -2.51. The van der Waals surface area contributed by atoms with Gasteiger partial charge in [-0.1, -0.05) is 44.5 Å². The number of hydrogen-bond donors (Lipinski definition) is 1. The Morgan fingerprint density at radius 2 is 1.52 bits per heavy atom. The average molecular weight is 414 g/mol. The van der Waals surface area contributed by atoms with E-state index in [0.717, 1.165) is 43.1 Å².